The van der Waals surface area contributed by atoms with Crippen LogP contribution in [0.3, 0.4) is 0 Å². The van der Waals surface area contributed by atoms with Gasteiger partial charge in [0.1, 0.15) is 11.0 Å². The molecule has 2 aromatic carbocycles. The molecule has 0 N–H and O–H groups in total. The van der Waals surface area contributed by atoms with Crippen LogP contribution >= 0.6 is 11.3 Å². The molecular formula is C19H16N2O3S2. The average molecular weight is 384 g/mol. The Bertz CT molecular complexity index is 969. The van der Waals surface area contributed by atoms with Crippen LogP contribution in [0.4, 0.5) is 5.69 Å². The molecule has 0 radical (unpaired) electrons. The van der Waals surface area contributed by atoms with Crippen molar-refractivity contribution < 1.29 is 9.13 Å². The van der Waals surface area contributed by atoms with E-state index < -0.39 is 11.0 Å². The number of hydrogen-bond donors (Lipinski definition) is 0. The van der Waals surface area contributed by atoms with Crippen molar-refractivity contribution in [2.45, 2.75) is 17.9 Å². The molecule has 1 unspecified atom stereocenters. The zero-order chi connectivity index (χ0) is 18.1. The van der Waals surface area contributed by atoms with Crippen molar-refractivity contribution in [3.05, 3.63) is 81.2 Å². The van der Waals surface area contributed by atoms with Gasteiger partial charge in [-0.15, -0.1) is 11.3 Å². The maximum absolute atomic E-state index is 12.9. The number of nitro benzene ring substituents is 1. The standard InChI is InChI=1S/C19H16N2O3S2/c22-21(23)17-6-3-14-9-10-20(13-16(14)12-17)26(24)18-7-4-15(5-8-18)19-2-1-11-25-19/h1-8,11-12H,9-10,13H2. The van der Waals surface area contributed by atoms with E-state index in [1.54, 1.807) is 17.4 Å². The van der Waals surface area contributed by atoms with E-state index in [4.69, 9.17) is 0 Å². The Balaban J connectivity index is 1.54. The Morgan fingerprint density at radius 2 is 1.88 bits per heavy atom. The Morgan fingerprint density at radius 3 is 2.58 bits per heavy atom. The highest BCUT2D eigenvalue weighted by atomic mass is 32.2. The molecule has 2 heterocycles. The lowest BCUT2D eigenvalue weighted by Gasteiger charge is -2.27. The summed E-state index contributed by atoms with van der Waals surface area (Å²) in [6.45, 7) is 1.13. The van der Waals surface area contributed by atoms with Crippen LogP contribution in [-0.4, -0.2) is 20.0 Å². The first kappa shape index (κ1) is 17.1. The van der Waals surface area contributed by atoms with Crippen LogP contribution in [0.25, 0.3) is 10.4 Å². The van der Waals surface area contributed by atoms with E-state index >= 15 is 0 Å². The zero-order valence-corrected chi connectivity index (χ0v) is 15.5. The van der Waals surface area contributed by atoms with Crippen molar-refractivity contribution in [3.63, 3.8) is 0 Å². The lowest BCUT2D eigenvalue weighted by Crippen LogP contribution is -2.32. The minimum Gasteiger partial charge on any atom is -0.258 e. The molecule has 0 amide bonds. The summed E-state index contributed by atoms with van der Waals surface area (Å²) < 4.78 is 14.8. The fourth-order valence-electron chi connectivity index (χ4n) is 3.10. The van der Waals surface area contributed by atoms with E-state index in [1.807, 2.05) is 46.1 Å². The minimum atomic E-state index is -1.28. The van der Waals surface area contributed by atoms with E-state index in [2.05, 4.69) is 6.07 Å². The van der Waals surface area contributed by atoms with Gasteiger partial charge < -0.3 is 0 Å². The highest BCUT2D eigenvalue weighted by molar-refractivity contribution is 7.82. The first-order valence-corrected chi connectivity index (χ1v) is 10.2. The number of nitrogens with zero attached hydrogens (tertiary/aromatic N) is 2. The zero-order valence-electron chi connectivity index (χ0n) is 13.8. The third kappa shape index (κ3) is 3.33. The molecule has 0 bridgehead atoms. The van der Waals surface area contributed by atoms with Crippen LogP contribution in [0.5, 0.6) is 0 Å². The van der Waals surface area contributed by atoms with Crippen molar-refractivity contribution in [3.8, 4) is 10.4 Å². The maximum Gasteiger partial charge on any atom is 0.269 e. The third-order valence-electron chi connectivity index (χ3n) is 4.47. The molecule has 7 heteroatoms. The Morgan fingerprint density at radius 1 is 1.08 bits per heavy atom. The Labute approximate surface area is 157 Å². The highest BCUT2D eigenvalue weighted by Crippen LogP contribution is 2.28. The SMILES string of the molecule is O=[N+]([O-])c1ccc2c(c1)CN(S(=O)c1ccc(-c3cccs3)cc1)CC2. The van der Waals surface area contributed by atoms with Gasteiger partial charge in [0.15, 0.2) is 0 Å². The molecule has 0 fully saturated rings. The van der Waals surface area contributed by atoms with E-state index in [0.29, 0.717) is 13.1 Å². The molecule has 0 spiro atoms. The summed E-state index contributed by atoms with van der Waals surface area (Å²) in [7, 11) is -1.28. The second-order valence-electron chi connectivity index (χ2n) is 6.07. The normalized spacial score (nSPS) is 15.4. The molecule has 132 valence electrons. The number of nitro groups is 1. The minimum absolute atomic E-state index is 0.0803. The summed E-state index contributed by atoms with van der Waals surface area (Å²) >= 11 is 1.67. The molecule has 1 aromatic heterocycles. The van der Waals surface area contributed by atoms with Gasteiger partial charge >= 0.3 is 0 Å². The summed E-state index contributed by atoms with van der Waals surface area (Å²) in [6.07, 6.45) is 0.742. The molecule has 1 atom stereocenters. The molecule has 0 saturated heterocycles. The topological polar surface area (TPSA) is 63.5 Å². The van der Waals surface area contributed by atoms with Crippen LogP contribution in [0, 0.1) is 10.1 Å². The molecule has 1 aliphatic rings. The summed E-state index contributed by atoms with van der Waals surface area (Å²) in [4.78, 5) is 12.5. The molecule has 0 aliphatic carbocycles. The summed E-state index contributed by atoms with van der Waals surface area (Å²) in [5.41, 5.74) is 3.17. The molecule has 4 rings (SSSR count). The third-order valence-corrected chi connectivity index (χ3v) is 6.85. The highest BCUT2D eigenvalue weighted by Gasteiger charge is 2.23. The van der Waals surface area contributed by atoms with E-state index in [-0.39, 0.29) is 10.6 Å². The lowest BCUT2D eigenvalue weighted by molar-refractivity contribution is -0.384. The molecule has 5 nitrogen and oxygen atoms in total. The van der Waals surface area contributed by atoms with Crippen molar-refractivity contribution in [2.24, 2.45) is 0 Å². The second kappa shape index (κ2) is 7.11. The van der Waals surface area contributed by atoms with Gasteiger partial charge in [0.25, 0.3) is 5.69 Å². The summed E-state index contributed by atoms with van der Waals surface area (Å²) in [5, 5.41) is 13.0. The Kier molecular flexibility index (Phi) is 4.67. The van der Waals surface area contributed by atoms with Crippen LogP contribution in [0.1, 0.15) is 11.1 Å². The van der Waals surface area contributed by atoms with Gasteiger partial charge in [-0.25, -0.2) is 8.51 Å². The van der Waals surface area contributed by atoms with Crippen LogP contribution < -0.4 is 0 Å². The van der Waals surface area contributed by atoms with Crippen LogP contribution in [0.15, 0.2) is 64.9 Å². The number of hydrogen-bond acceptors (Lipinski definition) is 4. The van der Waals surface area contributed by atoms with E-state index in [1.165, 1.54) is 10.9 Å². The summed E-state index contributed by atoms with van der Waals surface area (Å²) in [6, 6.07) is 16.8. The number of fused-ring (bicyclic) bond motifs is 1. The van der Waals surface area contributed by atoms with Gasteiger partial charge in [-0.1, -0.05) is 24.3 Å². The number of thiophene rings is 1. The van der Waals surface area contributed by atoms with Crippen molar-refractivity contribution in [2.75, 3.05) is 6.54 Å². The van der Waals surface area contributed by atoms with Crippen molar-refractivity contribution >= 4 is 28.0 Å². The predicted molar refractivity (Wildman–Crippen MR) is 103 cm³/mol. The fraction of sp³-hybridized carbons (Fsp3) is 0.158. The van der Waals surface area contributed by atoms with E-state index in [9.17, 15) is 14.3 Å². The molecule has 26 heavy (non-hydrogen) atoms. The fourth-order valence-corrected chi connectivity index (χ4v) is 5.01. The number of rotatable bonds is 4. The first-order chi connectivity index (χ1) is 12.6. The number of benzene rings is 2. The van der Waals surface area contributed by atoms with Gasteiger partial charge in [0.2, 0.25) is 0 Å². The van der Waals surface area contributed by atoms with Gasteiger partial charge in [-0.05, 0) is 46.7 Å². The van der Waals surface area contributed by atoms with Crippen LogP contribution in [-0.2, 0) is 24.0 Å². The van der Waals surface area contributed by atoms with Gasteiger partial charge in [-0.2, -0.15) is 0 Å². The smallest absolute Gasteiger partial charge is 0.258 e. The number of non-ortho nitro benzene ring substituents is 1. The Hall–Kier alpha value is -2.35. The predicted octanol–water partition coefficient (Wildman–Crippen LogP) is 4.40. The molecule has 1 aliphatic heterocycles. The largest absolute Gasteiger partial charge is 0.269 e. The monoisotopic (exact) mass is 384 g/mol. The van der Waals surface area contributed by atoms with Crippen molar-refractivity contribution in [1.82, 2.24) is 4.31 Å². The van der Waals surface area contributed by atoms with Gasteiger partial charge in [0.05, 0.1) is 9.82 Å². The lowest BCUT2D eigenvalue weighted by atomic mass is 10.0. The molecule has 3 aromatic rings. The van der Waals surface area contributed by atoms with Gasteiger partial charge in [0, 0.05) is 30.1 Å². The van der Waals surface area contributed by atoms with Crippen LogP contribution in [0.2, 0.25) is 0 Å². The molecule has 0 saturated carbocycles. The second-order valence-corrected chi connectivity index (χ2v) is 8.51. The van der Waals surface area contributed by atoms with E-state index in [0.717, 1.165) is 28.0 Å². The first-order valence-electron chi connectivity index (χ1n) is 8.19. The van der Waals surface area contributed by atoms with Crippen molar-refractivity contribution in [1.29, 1.82) is 0 Å². The average Bonchev–Trinajstić information content (AvgIpc) is 3.21. The molecular weight excluding hydrogens is 368 g/mol. The maximum atomic E-state index is 12.9. The quantitative estimate of drug-likeness (QED) is 0.495. The summed E-state index contributed by atoms with van der Waals surface area (Å²) in [5.74, 6) is 0. The van der Waals surface area contributed by atoms with Gasteiger partial charge in [-0.3, -0.25) is 10.1 Å².